The molecule has 0 bridgehead atoms. The summed E-state index contributed by atoms with van der Waals surface area (Å²) in [7, 11) is 0. The highest BCUT2D eigenvalue weighted by Gasteiger charge is 2.12. The second-order valence-electron chi connectivity index (χ2n) is 3.47. The van der Waals surface area contributed by atoms with Gasteiger partial charge in [0, 0.05) is 17.9 Å². The quantitative estimate of drug-likeness (QED) is 0.824. The molecule has 1 N–H and O–H groups in total. The van der Waals surface area contributed by atoms with E-state index < -0.39 is 11.6 Å². The first-order chi connectivity index (χ1) is 7.67. The van der Waals surface area contributed by atoms with Gasteiger partial charge in [-0.3, -0.25) is 0 Å². The molecule has 0 radical (unpaired) electrons. The molecule has 0 saturated heterocycles. The highest BCUT2D eigenvalue weighted by Crippen LogP contribution is 2.20. The van der Waals surface area contributed by atoms with Crippen LogP contribution in [0.25, 0.3) is 0 Å². The summed E-state index contributed by atoms with van der Waals surface area (Å²) in [6, 6.07) is 3.71. The zero-order valence-corrected chi connectivity index (χ0v) is 10.4. The van der Waals surface area contributed by atoms with Crippen LogP contribution >= 0.6 is 11.8 Å². The largest absolute Gasteiger partial charge is 0.310 e. The summed E-state index contributed by atoms with van der Waals surface area (Å²) in [5.41, 5.74) is 0.681. The van der Waals surface area contributed by atoms with Gasteiger partial charge in [0.15, 0.2) is 0 Å². The van der Waals surface area contributed by atoms with E-state index in [1.807, 2.05) is 6.92 Å². The van der Waals surface area contributed by atoms with E-state index in [9.17, 15) is 8.78 Å². The summed E-state index contributed by atoms with van der Waals surface area (Å²) in [6.45, 7) is 4.84. The number of hydrogen-bond acceptors (Lipinski definition) is 2. The fraction of sp³-hybridized carbons (Fsp3) is 0.500. The average Bonchev–Trinajstić information content (AvgIpc) is 2.22. The summed E-state index contributed by atoms with van der Waals surface area (Å²) >= 11 is 1.76. The van der Waals surface area contributed by atoms with Crippen LogP contribution in [0.15, 0.2) is 18.2 Å². The highest BCUT2D eigenvalue weighted by atomic mass is 32.2. The lowest BCUT2D eigenvalue weighted by atomic mass is 10.1. The second kappa shape index (κ2) is 6.86. The minimum absolute atomic E-state index is 0.0140. The van der Waals surface area contributed by atoms with Crippen LogP contribution in [0.2, 0.25) is 0 Å². The molecule has 1 nitrogen and oxygen atoms in total. The van der Waals surface area contributed by atoms with Gasteiger partial charge >= 0.3 is 0 Å². The van der Waals surface area contributed by atoms with Gasteiger partial charge in [-0.25, -0.2) is 8.78 Å². The number of thioether (sulfide) groups is 1. The molecule has 1 atom stereocenters. The number of hydrogen-bond donors (Lipinski definition) is 1. The Balaban J connectivity index is 2.82. The average molecular weight is 245 g/mol. The SMILES string of the molecule is CCNC(CSCC)c1cc(F)cc(F)c1. The van der Waals surface area contributed by atoms with Gasteiger partial charge in [-0.1, -0.05) is 13.8 Å². The predicted molar refractivity (Wildman–Crippen MR) is 65.8 cm³/mol. The van der Waals surface area contributed by atoms with E-state index in [0.29, 0.717) is 5.56 Å². The van der Waals surface area contributed by atoms with E-state index in [2.05, 4.69) is 12.2 Å². The molecule has 0 aliphatic rings. The van der Waals surface area contributed by atoms with Crippen molar-refractivity contribution in [3.05, 3.63) is 35.4 Å². The Morgan fingerprint density at radius 3 is 2.31 bits per heavy atom. The summed E-state index contributed by atoms with van der Waals surface area (Å²) < 4.78 is 26.2. The van der Waals surface area contributed by atoms with E-state index in [1.165, 1.54) is 12.1 Å². The van der Waals surface area contributed by atoms with Gasteiger partial charge in [-0.15, -0.1) is 0 Å². The first kappa shape index (κ1) is 13.5. The molecule has 1 rings (SSSR count). The second-order valence-corrected chi connectivity index (χ2v) is 4.79. The Labute approximate surface area is 99.6 Å². The van der Waals surface area contributed by atoms with Crippen molar-refractivity contribution in [1.82, 2.24) is 5.32 Å². The van der Waals surface area contributed by atoms with E-state index in [0.717, 1.165) is 24.1 Å². The van der Waals surface area contributed by atoms with Gasteiger partial charge < -0.3 is 5.32 Å². The smallest absolute Gasteiger partial charge is 0.126 e. The maximum Gasteiger partial charge on any atom is 0.126 e. The molecule has 0 fully saturated rings. The third kappa shape index (κ3) is 4.10. The van der Waals surface area contributed by atoms with E-state index in [4.69, 9.17) is 0 Å². The van der Waals surface area contributed by atoms with Crippen LogP contribution in [-0.2, 0) is 0 Å². The standard InChI is InChI=1S/C12H17F2NS/c1-3-15-12(8-16-4-2)9-5-10(13)7-11(14)6-9/h5-7,12,15H,3-4,8H2,1-2H3. The molecule has 1 unspecified atom stereocenters. The molecule has 0 aromatic heterocycles. The molecule has 0 amide bonds. The molecule has 1 aromatic rings. The van der Waals surface area contributed by atoms with Crippen molar-refractivity contribution < 1.29 is 8.78 Å². The fourth-order valence-electron chi connectivity index (χ4n) is 1.53. The summed E-state index contributed by atoms with van der Waals surface area (Å²) in [5.74, 6) is 0.797. The van der Waals surface area contributed by atoms with Crippen LogP contribution in [0.3, 0.4) is 0 Å². The van der Waals surface area contributed by atoms with Gasteiger partial charge in [0.2, 0.25) is 0 Å². The molecular formula is C12H17F2NS. The van der Waals surface area contributed by atoms with E-state index in [-0.39, 0.29) is 6.04 Å². The van der Waals surface area contributed by atoms with Crippen LogP contribution in [-0.4, -0.2) is 18.1 Å². The lowest BCUT2D eigenvalue weighted by Crippen LogP contribution is -2.23. The van der Waals surface area contributed by atoms with Crippen LogP contribution in [0.5, 0.6) is 0 Å². The van der Waals surface area contributed by atoms with Gasteiger partial charge in [-0.05, 0) is 30.0 Å². The minimum Gasteiger partial charge on any atom is -0.310 e. The zero-order chi connectivity index (χ0) is 12.0. The molecule has 0 spiro atoms. The number of nitrogens with one attached hydrogen (secondary N) is 1. The van der Waals surface area contributed by atoms with Crippen LogP contribution in [0, 0.1) is 11.6 Å². The van der Waals surface area contributed by atoms with Gasteiger partial charge in [0.1, 0.15) is 11.6 Å². The first-order valence-electron chi connectivity index (χ1n) is 5.44. The molecule has 0 heterocycles. The van der Waals surface area contributed by atoms with Gasteiger partial charge in [-0.2, -0.15) is 11.8 Å². The third-order valence-electron chi connectivity index (χ3n) is 2.23. The minimum atomic E-state index is -0.514. The molecule has 1 aromatic carbocycles. The van der Waals surface area contributed by atoms with E-state index >= 15 is 0 Å². The first-order valence-corrected chi connectivity index (χ1v) is 6.60. The molecule has 90 valence electrons. The summed E-state index contributed by atoms with van der Waals surface area (Å²) in [5, 5.41) is 3.23. The van der Waals surface area contributed by atoms with Crippen molar-refractivity contribution in [3.8, 4) is 0 Å². The Morgan fingerprint density at radius 1 is 1.19 bits per heavy atom. The van der Waals surface area contributed by atoms with E-state index in [1.54, 1.807) is 11.8 Å². The van der Waals surface area contributed by atoms with Crippen LogP contribution in [0.4, 0.5) is 8.78 Å². The summed E-state index contributed by atoms with van der Waals surface area (Å²) in [6.07, 6.45) is 0. The van der Waals surface area contributed by atoms with Crippen molar-refractivity contribution >= 4 is 11.8 Å². The third-order valence-corrected chi connectivity index (χ3v) is 3.20. The number of halogens is 2. The molecule has 0 aliphatic heterocycles. The Bertz CT molecular complexity index is 311. The lowest BCUT2D eigenvalue weighted by Gasteiger charge is -2.17. The number of rotatable bonds is 6. The molecule has 4 heteroatoms. The topological polar surface area (TPSA) is 12.0 Å². The lowest BCUT2D eigenvalue weighted by molar-refractivity contribution is 0.558. The normalized spacial score (nSPS) is 12.8. The highest BCUT2D eigenvalue weighted by molar-refractivity contribution is 7.99. The Morgan fingerprint density at radius 2 is 1.81 bits per heavy atom. The Kier molecular flexibility index (Phi) is 5.77. The van der Waals surface area contributed by atoms with Gasteiger partial charge in [0.05, 0.1) is 0 Å². The predicted octanol–water partition coefficient (Wildman–Crippen LogP) is 3.37. The maximum absolute atomic E-state index is 13.1. The fourth-order valence-corrected chi connectivity index (χ4v) is 2.31. The van der Waals surface area contributed by atoms with Crippen molar-refractivity contribution in [2.45, 2.75) is 19.9 Å². The molecule has 0 saturated carbocycles. The Hall–Kier alpha value is -0.610. The van der Waals surface area contributed by atoms with Crippen molar-refractivity contribution in [3.63, 3.8) is 0 Å². The van der Waals surface area contributed by atoms with Gasteiger partial charge in [0.25, 0.3) is 0 Å². The van der Waals surface area contributed by atoms with Crippen LogP contribution < -0.4 is 5.32 Å². The van der Waals surface area contributed by atoms with Crippen molar-refractivity contribution in [2.75, 3.05) is 18.1 Å². The molecule has 0 aliphatic carbocycles. The zero-order valence-electron chi connectivity index (χ0n) is 9.59. The number of benzene rings is 1. The summed E-state index contributed by atoms with van der Waals surface area (Å²) in [4.78, 5) is 0. The van der Waals surface area contributed by atoms with Crippen molar-refractivity contribution in [2.24, 2.45) is 0 Å². The maximum atomic E-state index is 13.1. The monoisotopic (exact) mass is 245 g/mol. The van der Waals surface area contributed by atoms with Crippen molar-refractivity contribution in [1.29, 1.82) is 0 Å². The molecular weight excluding hydrogens is 228 g/mol. The van der Waals surface area contributed by atoms with Crippen LogP contribution in [0.1, 0.15) is 25.5 Å². The molecule has 16 heavy (non-hydrogen) atoms.